The quantitative estimate of drug-likeness (QED) is 0.427. The number of hydrogen-bond donors (Lipinski definition) is 1. The van der Waals surface area contributed by atoms with E-state index in [0.717, 1.165) is 16.9 Å². The second-order valence-electron chi connectivity index (χ2n) is 12.2. The van der Waals surface area contributed by atoms with Gasteiger partial charge in [-0.25, -0.2) is 4.79 Å². The fourth-order valence-electron chi connectivity index (χ4n) is 5.86. The van der Waals surface area contributed by atoms with E-state index in [0.29, 0.717) is 24.2 Å². The maximum Gasteiger partial charge on any atom is 0.337 e. The Morgan fingerprint density at radius 1 is 1.09 bits per heavy atom. The van der Waals surface area contributed by atoms with Crippen molar-refractivity contribution in [3.8, 4) is 5.75 Å². The Morgan fingerprint density at radius 2 is 1.74 bits per heavy atom. The zero-order chi connectivity index (χ0) is 26.0. The molecule has 2 heterocycles. The van der Waals surface area contributed by atoms with Crippen LogP contribution in [0.4, 0.5) is 0 Å². The second-order valence-corrected chi connectivity index (χ2v) is 12.2. The smallest absolute Gasteiger partial charge is 0.337 e. The van der Waals surface area contributed by atoms with Crippen molar-refractivity contribution < 1.29 is 28.8 Å². The first-order chi connectivity index (χ1) is 16.0. The SMILES string of the molecule is CCOC(=O)C(C)(C)OC1(O)CC2=C(C=C1C)OC1(CC2(C)C)CC(C)(C)c2ccc(C)cc2O1. The minimum atomic E-state index is -1.64. The van der Waals surface area contributed by atoms with Gasteiger partial charge in [0.15, 0.2) is 11.4 Å². The molecule has 1 aromatic rings. The third kappa shape index (κ3) is 4.51. The van der Waals surface area contributed by atoms with Gasteiger partial charge in [0.25, 0.3) is 5.79 Å². The number of fused-ring (bicyclic) bond motifs is 1. The van der Waals surface area contributed by atoms with Gasteiger partial charge >= 0.3 is 5.97 Å². The summed E-state index contributed by atoms with van der Waals surface area (Å²) < 4.78 is 24.6. The van der Waals surface area contributed by atoms with E-state index in [9.17, 15) is 9.90 Å². The van der Waals surface area contributed by atoms with Crippen LogP contribution in [0.15, 0.2) is 41.2 Å². The Hall–Kier alpha value is -2.31. The molecule has 1 spiro atoms. The van der Waals surface area contributed by atoms with E-state index in [-0.39, 0.29) is 23.9 Å². The van der Waals surface area contributed by atoms with Crippen molar-refractivity contribution in [1.29, 1.82) is 0 Å². The molecule has 0 radical (unpaired) electrons. The predicted octanol–water partition coefficient (Wildman–Crippen LogP) is 5.85. The Labute approximate surface area is 209 Å². The Balaban J connectivity index is 1.68. The highest BCUT2D eigenvalue weighted by atomic mass is 16.7. The highest BCUT2D eigenvalue weighted by molar-refractivity contribution is 5.78. The van der Waals surface area contributed by atoms with E-state index >= 15 is 0 Å². The maximum absolute atomic E-state index is 12.5. The summed E-state index contributed by atoms with van der Waals surface area (Å²) in [6.45, 7) is 17.9. The molecule has 3 aliphatic rings. The average Bonchev–Trinajstić information content (AvgIpc) is 2.68. The average molecular weight is 485 g/mol. The molecule has 0 fully saturated rings. The molecular formula is C29H40O6. The lowest BCUT2D eigenvalue weighted by atomic mass is 9.66. The van der Waals surface area contributed by atoms with Gasteiger partial charge in [0.05, 0.1) is 6.61 Å². The van der Waals surface area contributed by atoms with Crippen LogP contribution in [0, 0.1) is 12.3 Å². The number of benzene rings is 1. The molecule has 1 aliphatic carbocycles. The van der Waals surface area contributed by atoms with Crippen molar-refractivity contribution in [2.24, 2.45) is 5.41 Å². The Kier molecular flexibility index (Phi) is 5.97. The lowest BCUT2D eigenvalue weighted by Crippen LogP contribution is -2.55. The number of allylic oxidation sites excluding steroid dienone is 1. The van der Waals surface area contributed by atoms with E-state index in [1.54, 1.807) is 27.7 Å². The number of aliphatic hydroxyl groups is 1. The van der Waals surface area contributed by atoms with Crippen molar-refractivity contribution in [3.05, 3.63) is 52.3 Å². The summed E-state index contributed by atoms with van der Waals surface area (Å²) in [5, 5.41) is 11.6. The minimum absolute atomic E-state index is 0.129. The molecule has 0 saturated carbocycles. The van der Waals surface area contributed by atoms with E-state index in [1.165, 1.54) is 5.56 Å². The first-order valence-corrected chi connectivity index (χ1v) is 12.5. The molecule has 2 unspecified atom stereocenters. The molecule has 6 heteroatoms. The summed E-state index contributed by atoms with van der Waals surface area (Å²) in [4.78, 5) is 12.5. The van der Waals surface area contributed by atoms with Gasteiger partial charge in [-0.1, -0.05) is 39.8 Å². The molecule has 2 atom stereocenters. The van der Waals surface area contributed by atoms with Gasteiger partial charge in [-0.2, -0.15) is 0 Å². The molecule has 1 N–H and O–H groups in total. The van der Waals surface area contributed by atoms with Gasteiger partial charge in [0, 0.05) is 30.2 Å². The van der Waals surface area contributed by atoms with E-state index in [1.807, 2.05) is 6.08 Å². The third-order valence-electron chi connectivity index (χ3n) is 7.57. The summed E-state index contributed by atoms with van der Waals surface area (Å²) in [5.41, 5.74) is 2.08. The number of aryl methyl sites for hydroxylation is 1. The van der Waals surface area contributed by atoms with Crippen LogP contribution < -0.4 is 4.74 Å². The van der Waals surface area contributed by atoms with Crippen LogP contribution in [-0.4, -0.2) is 34.9 Å². The predicted molar refractivity (Wildman–Crippen MR) is 134 cm³/mol. The molecule has 0 aromatic heterocycles. The lowest BCUT2D eigenvalue weighted by molar-refractivity contribution is -0.248. The van der Waals surface area contributed by atoms with Gasteiger partial charge in [-0.15, -0.1) is 0 Å². The summed E-state index contributed by atoms with van der Waals surface area (Å²) in [6, 6.07) is 6.37. The van der Waals surface area contributed by atoms with Crippen molar-refractivity contribution in [3.63, 3.8) is 0 Å². The van der Waals surface area contributed by atoms with Gasteiger partial charge in [-0.3, -0.25) is 0 Å². The highest BCUT2D eigenvalue weighted by Crippen LogP contribution is 2.57. The highest BCUT2D eigenvalue weighted by Gasteiger charge is 2.56. The number of hydrogen-bond acceptors (Lipinski definition) is 6. The topological polar surface area (TPSA) is 74.2 Å². The number of rotatable bonds is 4. The fourth-order valence-corrected chi connectivity index (χ4v) is 5.86. The Bertz CT molecular complexity index is 1110. The van der Waals surface area contributed by atoms with Crippen LogP contribution in [0.25, 0.3) is 0 Å². The monoisotopic (exact) mass is 484 g/mol. The van der Waals surface area contributed by atoms with Gasteiger partial charge in [0.2, 0.25) is 0 Å². The molecule has 2 aliphatic heterocycles. The van der Waals surface area contributed by atoms with Crippen molar-refractivity contribution in [2.45, 2.75) is 104 Å². The van der Waals surface area contributed by atoms with Crippen molar-refractivity contribution in [2.75, 3.05) is 6.61 Å². The van der Waals surface area contributed by atoms with Crippen molar-refractivity contribution in [1.82, 2.24) is 0 Å². The molecule has 1 aromatic carbocycles. The molecule has 35 heavy (non-hydrogen) atoms. The van der Waals surface area contributed by atoms with E-state index < -0.39 is 23.1 Å². The van der Waals surface area contributed by atoms with Gasteiger partial charge < -0.3 is 24.1 Å². The summed E-state index contributed by atoms with van der Waals surface area (Å²) >= 11 is 0. The van der Waals surface area contributed by atoms with Crippen LogP contribution in [0.2, 0.25) is 0 Å². The molecule has 192 valence electrons. The molecule has 6 nitrogen and oxygen atoms in total. The normalized spacial score (nSPS) is 28.9. The Morgan fingerprint density at radius 3 is 2.40 bits per heavy atom. The minimum Gasteiger partial charge on any atom is -0.464 e. The van der Waals surface area contributed by atoms with Crippen LogP contribution in [0.1, 0.15) is 85.8 Å². The standard InChI is InChI=1S/C29H40O6/c1-10-32-24(30)27(8,9)35-29(31)15-21-23(14-19(29)3)34-28(17-26(21,6)7)16-25(4,5)20-12-11-18(2)13-22(20)33-28/h11-14,31H,10,15-17H2,1-9H3. The van der Waals surface area contributed by atoms with Crippen LogP contribution in [0.5, 0.6) is 5.75 Å². The number of ether oxygens (including phenoxy) is 4. The first-order valence-electron chi connectivity index (χ1n) is 12.5. The third-order valence-corrected chi connectivity index (χ3v) is 7.57. The van der Waals surface area contributed by atoms with Crippen LogP contribution >= 0.6 is 0 Å². The molecule has 4 rings (SSSR count). The van der Waals surface area contributed by atoms with E-state index in [2.05, 4.69) is 52.8 Å². The van der Waals surface area contributed by atoms with E-state index in [4.69, 9.17) is 18.9 Å². The first kappa shape index (κ1) is 25.8. The fraction of sp³-hybridized carbons (Fsp3) is 0.621. The van der Waals surface area contributed by atoms with Crippen molar-refractivity contribution >= 4 is 5.97 Å². The molecule has 0 saturated heterocycles. The molecular weight excluding hydrogens is 444 g/mol. The maximum atomic E-state index is 12.5. The zero-order valence-electron chi connectivity index (χ0n) is 22.6. The molecule has 0 amide bonds. The van der Waals surface area contributed by atoms with Crippen LogP contribution in [-0.2, 0) is 24.4 Å². The zero-order valence-corrected chi connectivity index (χ0v) is 22.6. The van der Waals surface area contributed by atoms with Crippen LogP contribution in [0.3, 0.4) is 0 Å². The molecule has 0 bridgehead atoms. The largest absolute Gasteiger partial charge is 0.464 e. The van der Waals surface area contributed by atoms with Gasteiger partial charge in [0.1, 0.15) is 11.5 Å². The van der Waals surface area contributed by atoms with Gasteiger partial charge in [-0.05, 0) is 68.9 Å². The number of carbonyl (C=O) groups is 1. The lowest BCUT2D eigenvalue weighted by Gasteiger charge is -2.53. The number of carbonyl (C=O) groups excluding carboxylic acids is 1. The summed E-state index contributed by atoms with van der Waals surface area (Å²) in [7, 11) is 0. The second kappa shape index (κ2) is 8.10. The summed E-state index contributed by atoms with van der Waals surface area (Å²) in [5.74, 6) is -1.38. The summed E-state index contributed by atoms with van der Waals surface area (Å²) in [6.07, 6.45) is 3.38. The number of esters is 1.